The average Bonchev–Trinajstić information content (AvgIpc) is 2.81. The standard InChI is InChI=1S/C14H17BrFN3/c1-9(2)19-7-6-10(18-19)8-13(17)11-4-3-5-12(16)14(11)15/h3-7,9,13H,8,17H2,1-2H3. The molecule has 0 radical (unpaired) electrons. The Morgan fingerprint density at radius 3 is 2.74 bits per heavy atom. The maximum Gasteiger partial charge on any atom is 0.137 e. The Kier molecular flexibility index (Phi) is 4.37. The highest BCUT2D eigenvalue weighted by Gasteiger charge is 2.14. The van der Waals surface area contributed by atoms with Crippen molar-refractivity contribution in [3.8, 4) is 0 Å². The van der Waals surface area contributed by atoms with E-state index in [1.54, 1.807) is 6.07 Å². The maximum atomic E-state index is 13.5. The first-order valence-electron chi connectivity index (χ1n) is 6.22. The molecule has 102 valence electrons. The molecule has 0 fully saturated rings. The summed E-state index contributed by atoms with van der Waals surface area (Å²) in [6.45, 7) is 4.14. The summed E-state index contributed by atoms with van der Waals surface area (Å²) in [5, 5.41) is 4.45. The second-order valence-electron chi connectivity index (χ2n) is 4.83. The first kappa shape index (κ1) is 14.2. The largest absolute Gasteiger partial charge is 0.324 e. The highest BCUT2D eigenvalue weighted by Crippen LogP contribution is 2.26. The Hall–Kier alpha value is -1.20. The van der Waals surface area contributed by atoms with Gasteiger partial charge >= 0.3 is 0 Å². The molecule has 0 amide bonds. The van der Waals surface area contributed by atoms with Crippen LogP contribution >= 0.6 is 15.9 Å². The molecule has 0 aliphatic carbocycles. The van der Waals surface area contributed by atoms with Gasteiger partial charge in [-0.25, -0.2) is 4.39 Å². The molecule has 0 spiro atoms. The molecule has 3 nitrogen and oxygen atoms in total. The normalized spacial score (nSPS) is 12.9. The number of benzene rings is 1. The molecule has 1 heterocycles. The number of hydrogen-bond acceptors (Lipinski definition) is 2. The molecule has 5 heteroatoms. The number of halogens is 2. The van der Waals surface area contributed by atoms with Gasteiger partial charge in [0.15, 0.2) is 0 Å². The fourth-order valence-corrected chi connectivity index (χ4v) is 2.47. The third-order valence-electron chi connectivity index (χ3n) is 3.00. The predicted octanol–water partition coefficient (Wildman–Crippen LogP) is 3.61. The zero-order valence-electron chi connectivity index (χ0n) is 11.0. The first-order chi connectivity index (χ1) is 8.99. The van der Waals surface area contributed by atoms with E-state index in [1.807, 2.05) is 23.0 Å². The van der Waals surface area contributed by atoms with Crippen LogP contribution in [0.2, 0.25) is 0 Å². The first-order valence-corrected chi connectivity index (χ1v) is 7.02. The molecule has 0 saturated heterocycles. The van der Waals surface area contributed by atoms with Crippen LogP contribution in [0.4, 0.5) is 4.39 Å². The quantitative estimate of drug-likeness (QED) is 0.933. The van der Waals surface area contributed by atoms with Gasteiger partial charge in [0.2, 0.25) is 0 Å². The molecule has 2 N–H and O–H groups in total. The van der Waals surface area contributed by atoms with Gasteiger partial charge in [0, 0.05) is 24.7 Å². The minimum atomic E-state index is -0.291. The van der Waals surface area contributed by atoms with E-state index in [0.29, 0.717) is 16.9 Å². The van der Waals surface area contributed by atoms with E-state index in [4.69, 9.17) is 5.73 Å². The monoisotopic (exact) mass is 325 g/mol. The molecular weight excluding hydrogens is 309 g/mol. The summed E-state index contributed by atoms with van der Waals surface area (Å²) in [5.74, 6) is -0.291. The molecule has 2 aromatic rings. The van der Waals surface area contributed by atoms with Gasteiger partial charge in [-0.1, -0.05) is 12.1 Å². The molecular formula is C14H17BrFN3. The summed E-state index contributed by atoms with van der Waals surface area (Å²) in [6.07, 6.45) is 2.52. The number of nitrogens with zero attached hydrogens (tertiary/aromatic N) is 2. The topological polar surface area (TPSA) is 43.8 Å². The van der Waals surface area contributed by atoms with E-state index >= 15 is 0 Å². The third-order valence-corrected chi connectivity index (χ3v) is 3.84. The van der Waals surface area contributed by atoms with Gasteiger partial charge in [-0.3, -0.25) is 4.68 Å². The highest BCUT2D eigenvalue weighted by atomic mass is 79.9. The molecule has 0 saturated carbocycles. The summed E-state index contributed by atoms with van der Waals surface area (Å²) in [4.78, 5) is 0. The summed E-state index contributed by atoms with van der Waals surface area (Å²) in [7, 11) is 0. The molecule has 0 bridgehead atoms. The second kappa shape index (κ2) is 5.84. The lowest BCUT2D eigenvalue weighted by Gasteiger charge is -2.13. The highest BCUT2D eigenvalue weighted by molar-refractivity contribution is 9.10. The Bertz CT molecular complexity index is 566. The summed E-state index contributed by atoms with van der Waals surface area (Å²) in [6, 6.07) is 6.91. The van der Waals surface area contributed by atoms with Crippen LogP contribution in [-0.2, 0) is 6.42 Å². The molecule has 1 aromatic carbocycles. The third kappa shape index (κ3) is 3.22. The summed E-state index contributed by atoms with van der Waals surface area (Å²) >= 11 is 3.24. The fourth-order valence-electron chi connectivity index (χ4n) is 1.92. The van der Waals surface area contributed by atoms with Crippen LogP contribution < -0.4 is 5.73 Å². The van der Waals surface area contributed by atoms with Crippen molar-refractivity contribution in [2.24, 2.45) is 5.73 Å². The van der Waals surface area contributed by atoms with Crippen LogP contribution in [0.1, 0.15) is 37.2 Å². The minimum absolute atomic E-state index is 0.277. The fraction of sp³-hybridized carbons (Fsp3) is 0.357. The molecule has 1 atom stereocenters. The van der Waals surface area contributed by atoms with Gasteiger partial charge < -0.3 is 5.73 Å². The van der Waals surface area contributed by atoms with Gasteiger partial charge in [-0.2, -0.15) is 5.10 Å². The van der Waals surface area contributed by atoms with Crippen molar-refractivity contribution in [3.05, 3.63) is 52.0 Å². The Labute approximate surface area is 120 Å². The number of aromatic nitrogens is 2. The molecule has 2 rings (SSSR count). The van der Waals surface area contributed by atoms with Crippen LogP contribution in [0, 0.1) is 5.82 Å². The second-order valence-corrected chi connectivity index (χ2v) is 5.63. The Morgan fingerprint density at radius 2 is 2.11 bits per heavy atom. The van der Waals surface area contributed by atoms with Crippen LogP contribution in [0.3, 0.4) is 0 Å². The van der Waals surface area contributed by atoms with E-state index in [1.165, 1.54) is 6.07 Å². The Morgan fingerprint density at radius 1 is 1.37 bits per heavy atom. The van der Waals surface area contributed by atoms with E-state index in [2.05, 4.69) is 34.9 Å². The van der Waals surface area contributed by atoms with Crippen molar-refractivity contribution in [2.75, 3.05) is 0 Å². The number of hydrogen-bond donors (Lipinski definition) is 1. The number of nitrogens with two attached hydrogens (primary N) is 1. The average molecular weight is 326 g/mol. The zero-order chi connectivity index (χ0) is 14.0. The van der Waals surface area contributed by atoms with Gasteiger partial charge in [-0.15, -0.1) is 0 Å². The SMILES string of the molecule is CC(C)n1ccc(CC(N)c2cccc(F)c2Br)n1. The lowest BCUT2D eigenvalue weighted by molar-refractivity contribution is 0.522. The van der Waals surface area contributed by atoms with E-state index < -0.39 is 0 Å². The van der Waals surface area contributed by atoms with Gasteiger partial charge in [0.1, 0.15) is 5.82 Å². The van der Waals surface area contributed by atoms with Crippen LogP contribution in [0.15, 0.2) is 34.9 Å². The number of rotatable bonds is 4. The molecule has 0 aliphatic rings. The predicted molar refractivity (Wildman–Crippen MR) is 77.3 cm³/mol. The van der Waals surface area contributed by atoms with Crippen LogP contribution in [-0.4, -0.2) is 9.78 Å². The lowest BCUT2D eigenvalue weighted by Crippen LogP contribution is -2.15. The van der Waals surface area contributed by atoms with Crippen LogP contribution in [0.25, 0.3) is 0 Å². The van der Waals surface area contributed by atoms with Gasteiger partial charge in [0.05, 0.1) is 10.2 Å². The summed E-state index contributed by atoms with van der Waals surface area (Å²) < 4.78 is 15.8. The molecule has 1 aromatic heterocycles. The van der Waals surface area contributed by atoms with Crippen molar-refractivity contribution in [1.29, 1.82) is 0 Å². The molecule has 1 unspecified atom stereocenters. The van der Waals surface area contributed by atoms with Crippen molar-refractivity contribution in [2.45, 2.75) is 32.4 Å². The van der Waals surface area contributed by atoms with E-state index in [0.717, 1.165) is 11.3 Å². The summed E-state index contributed by atoms with van der Waals surface area (Å²) in [5.41, 5.74) is 7.81. The van der Waals surface area contributed by atoms with E-state index in [-0.39, 0.29) is 11.9 Å². The van der Waals surface area contributed by atoms with Crippen molar-refractivity contribution in [3.63, 3.8) is 0 Å². The van der Waals surface area contributed by atoms with Crippen molar-refractivity contribution in [1.82, 2.24) is 9.78 Å². The zero-order valence-corrected chi connectivity index (χ0v) is 12.6. The van der Waals surface area contributed by atoms with Gasteiger partial charge in [0.25, 0.3) is 0 Å². The molecule has 19 heavy (non-hydrogen) atoms. The van der Waals surface area contributed by atoms with E-state index in [9.17, 15) is 4.39 Å². The van der Waals surface area contributed by atoms with Crippen molar-refractivity contribution < 1.29 is 4.39 Å². The van der Waals surface area contributed by atoms with Gasteiger partial charge in [-0.05, 0) is 47.5 Å². The minimum Gasteiger partial charge on any atom is -0.324 e. The van der Waals surface area contributed by atoms with Crippen LogP contribution in [0.5, 0.6) is 0 Å². The smallest absolute Gasteiger partial charge is 0.137 e. The maximum absolute atomic E-state index is 13.5. The molecule has 0 aliphatic heterocycles. The van der Waals surface area contributed by atoms with Crippen molar-refractivity contribution >= 4 is 15.9 Å². The Balaban J connectivity index is 2.16. The lowest BCUT2D eigenvalue weighted by atomic mass is 10.0.